The second kappa shape index (κ2) is 6.97. The molecule has 1 aliphatic rings. The van der Waals surface area contributed by atoms with E-state index >= 15 is 0 Å². The first-order chi connectivity index (χ1) is 13.7. The van der Waals surface area contributed by atoms with Gasteiger partial charge in [-0.15, -0.1) is 0 Å². The molecular weight excluding hydrogens is 391 g/mol. The van der Waals surface area contributed by atoms with Crippen LogP contribution in [-0.2, 0) is 0 Å². The Balaban J connectivity index is 1.62. The molecule has 3 aromatic carbocycles. The van der Waals surface area contributed by atoms with E-state index < -0.39 is 0 Å². The first-order valence-electron chi connectivity index (χ1n) is 9.01. The van der Waals surface area contributed by atoms with Crippen LogP contribution >= 0.6 is 23.2 Å². The maximum Gasteiger partial charge on any atom is 0.154 e. The number of anilines is 1. The largest absolute Gasteiger partial charge is 0.337 e. The number of rotatable bonds is 3. The highest BCUT2D eigenvalue weighted by atomic mass is 35.5. The molecule has 0 spiro atoms. The number of nitrogens with zero attached hydrogens (tertiary/aromatic N) is 3. The molecule has 4 nitrogen and oxygen atoms in total. The average Bonchev–Trinajstić information content (AvgIpc) is 3.33. The summed E-state index contributed by atoms with van der Waals surface area (Å²) >= 11 is 13.1. The van der Waals surface area contributed by atoms with Gasteiger partial charge >= 0.3 is 0 Å². The molecule has 1 N–H and O–H groups in total. The lowest BCUT2D eigenvalue weighted by molar-refractivity contribution is 0.709. The first-order valence-corrected chi connectivity index (χ1v) is 9.77. The van der Waals surface area contributed by atoms with Gasteiger partial charge in [-0.25, -0.2) is 4.98 Å². The molecule has 0 amide bonds. The molecule has 4 aromatic rings. The number of aromatic amines is 1. The Morgan fingerprint density at radius 3 is 2.32 bits per heavy atom. The fraction of sp³-hybridized carbons (Fsp3) is 0.0909. The van der Waals surface area contributed by atoms with Gasteiger partial charge in [0.05, 0.1) is 22.8 Å². The number of benzene rings is 3. The number of imidazole rings is 1. The monoisotopic (exact) mass is 406 g/mol. The van der Waals surface area contributed by atoms with Crippen molar-refractivity contribution in [1.29, 1.82) is 0 Å². The maximum atomic E-state index is 6.53. The molecule has 5 rings (SSSR count). The molecule has 0 saturated carbocycles. The molecule has 0 radical (unpaired) electrons. The highest BCUT2D eigenvalue weighted by molar-refractivity contribution is 6.36. The fourth-order valence-corrected chi connectivity index (χ4v) is 4.26. The lowest BCUT2D eigenvalue weighted by Crippen LogP contribution is -2.19. The number of halogens is 2. The Hall–Kier alpha value is -2.82. The van der Waals surface area contributed by atoms with Crippen molar-refractivity contribution in [3.63, 3.8) is 0 Å². The van der Waals surface area contributed by atoms with E-state index in [1.54, 1.807) is 0 Å². The third kappa shape index (κ3) is 2.95. The van der Waals surface area contributed by atoms with Crippen LogP contribution in [0.15, 0.2) is 77.9 Å². The zero-order valence-corrected chi connectivity index (χ0v) is 16.3. The van der Waals surface area contributed by atoms with Crippen LogP contribution in [0.4, 0.5) is 5.69 Å². The summed E-state index contributed by atoms with van der Waals surface area (Å²) in [6.45, 7) is 0. The minimum atomic E-state index is -0.105. The zero-order valence-electron chi connectivity index (χ0n) is 14.8. The number of nitrogens with one attached hydrogen (secondary N) is 1. The zero-order chi connectivity index (χ0) is 19.1. The Labute approximate surface area is 172 Å². The summed E-state index contributed by atoms with van der Waals surface area (Å²) in [5, 5.41) is 8.16. The van der Waals surface area contributed by atoms with Crippen LogP contribution in [0.5, 0.6) is 0 Å². The Kier molecular flexibility index (Phi) is 4.30. The van der Waals surface area contributed by atoms with Gasteiger partial charge in [-0.2, -0.15) is 5.10 Å². The van der Waals surface area contributed by atoms with Gasteiger partial charge in [-0.05, 0) is 36.4 Å². The highest BCUT2D eigenvalue weighted by Gasteiger charge is 2.33. The fourth-order valence-electron chi connectivity index (χ4n) is 3.62. The van der Waals surface area contributed by atoms with Gasteiger partial charge in [0.15, 0.2) is 5.82 Å². The molecule has 0 fully saturated rings. The third-order valence-electron chi connectivity index (χ3n) is 4.93. The summed E-state index contributed by atoms with van der Waals surface area (Å²) < 4.78 is 0. The van der Waals surface area contributed by atoms with Crippen molar-refractivity contribution in [2.45, 2.75) is 12.5 Å². The number of aromatic nitrogens is 2. The number of para-hydroxylation sites is 3. The predicted molar refractivity (Wildman–Crippen MR) is 115 cm³/mol. The van der Waals surface area contributed by atoms with Gasteiger partial charge in [0.2, 0.25) is 0 Å². The quantitative estimate of drug-likeness (QED) is 0.438. The van der Waals surface area contributed by atoms with E-state index in [0.717, 1.165) is 33.8 Å². The van der Waals surface area contributed by atoms with E-state index in [1.165, 1.54) is 0 Å². The summed E-state index contributed by atoms with van der Waals surface area (Å²) in [7, 11) is 0. The van der Waals surface area contributed by atoms with E-state index in [9.17, 15) is 0 Å². The van der Waals surface area contributed by atoms with Crippen LogP contribution in [-0.4, -0.2) is 15.7 Å². The van der Waals surface area contributed by atoms with Crippen molar-refractivity contribution in [2.24, 2.45) is 5.10 Å². The molecule has 0 saturated heterocycles. The molecule has 28 heavy (non-hydrogen) atoms. The average molecular weight is 407 g/mol. The van der Waals surface area contributed by atoms with Crippen LogP contribution < -0.4 is 5.01 Å². The SMILES string of the molecule is Clc1cccc(Cl)c1C1CC(c2nc3ccccc3[nH]2)=NN1c1ccccc1. The molecule has 0 bridgehead atoms. The highest BCUT2D eigenvalue weighted by Crippen LogP contribution is 2.42. The molecular formula is C22H16Cl2N4. The summed E-state index contributed by atoms with van der Waals surface area (Å²) in [4.78, 5) is 8.09. The molecule has 2 heterocycles. The molecule has 6 heteroatoms. The van der Waals surface area contributed by atoms with Gasteiger partial charge in [0, 0.05) is 22.0 Å². The van der Waals surface area contributed by atoms with E-state index in [-0.39, 0.29) is 6.04 Å². The van der Waals surface area contributed by atoms with Crippen LogP contribution in [0.2, 0.25) is 10.0 Å². The molecule has 1 aromatic heterocycles. The van der Waals surface area contributed by atoms with E-state index in [2.05, 4.69) is 4.98 Å². The predicted octanol–water partition coefficient (Wildman–Crippen LogP) is 6.23. The summed E-state index contributed by atoms with van der Waals surface area (Å²) in [5.41, 5.74) is 4.65. The molecule has 138 valence electrons. The lowest BCUT2D eigenvalue weighted by atomic mass is 10.0. The van der Waals surface area contributed by atoms with Gasteiger partial charge in [0.1, 0.15) is 5.71 Å². The van der Waals surface area contributed by atoms with Crippen molar-refractivity contribution < 1.29 is 0 Å². The van der Waals surface area contributed by atoms with Crippen molar-refractivity contribution in [3.05, 3.63) is 94.2 Å². The number of fused-ring (bicyclic) bond motifs is 1. The molecule has 1 atom stereocenters. The van der Waals surface area contributed by atoms with Crippen molar-refractivity contribution >= 4 is 45.6 Å². The maximum absolute atomic E-state index is 6.53. The third-order valence-corrected chi connectivity index (χ3v) is 5.59. The van der Waals surface area contributed by atoms with Crippen molar-refractivity contribution in [2.75, 3.05) is 5.01 Å². The van der Waals surface area contributed by atoms with Crippen LogP contribution in [0.25, 0.3) is 11.0 Å². The summed E-state index contributed by atoms with van der Waals surface area (Å²) in [6.07, 6.45) is 0.651. The standard InChI is InChI=1S/C22H16Cl2N4/c23-15-9-6-10-16(24)21(15)20-13-19(27-28(20)14-7-2-1-3-8-14)22-25-17-11-4-5-12-18(17)26-22/h1-12,20H,13H2,(H,25,26). The number of hydrogen-bond donors (Lipinski definition) is 1. The molecule has 0 aliphatic carbocycles. The van der Waals surface area contributed by atoms with E-state index in [0.29, 0.717) is 16.5 Å². The molecule has 1 unspecified atom stereocenters. The number of hydrazone groups is 1. The number of hydrogen-bond acceptors (Lipinski definition) is 3. The summed E-state index contributed by atoms with van der Waals surface area (Å²) in [5.74, 6) is 0.771. The van der Waals surface area contributed by atoms with Crippen LogP contribution in [0.1, 0.15) is 23.9 Å². The second-order valence-electron chi connectivity index (χ2n) is 6.68. The minimum Gasteiger partial charge on any atom is -0.337 e. The Bertz CT molecular complexity index is 1130. The van der Waals surface area contributed by atoms with Crippen molar-refractivity contribution in [1.82, 2.24) is 9.97 Å². The topological polar surface area (TPSA) is 44.3 Å². The number of H-pyrrole nitrogens is 1. The second-order valence-corrected chi connectivity index (χ2v) is 7.50. The Morgan fingerprint density at radius 1 is 0.857 bits per heavy atom. The van der Waals surface area contributed by atoms with Gasteiger partial charge in [-0.1, -0.05) is 59.6 Å². The van der Waals surface area contributed by atoms with Crippen LogP contribution in [0, 0.1) is 0 Å². The smallest absolute Gasteiger partial charge is 0.154 e. The van der Waals surface area contributed by atoms with Gasteiger partial charge < -0.3 is 4.98 Å². The normalized spacial score (nSPS) is 16.6. The lowest BCUT2D eigenvalue weighted by Gasteiger charge is -2.25. The summed E-state index contributed by atoms with van der Waals surface area (Å²) in [6, 6.07) is 23.5. The van der Waals surface area contributed by atoms with Crippen LogP contribution in [0.3, 0.4) is 0 Å². The first kappa shape index (κ1) is 17.3. The van der Waals surface area contributed by atoms with E-state index in [1.807, 2.05) is 77.8 Å². The van der Waals surface area contributed by atoms with E-state index in [4.69, 9.17) is 33.3 Å². The van der Waals surface area contributed by atoms with Gasteiger partial charge in [-0.3, -0.25) is 5.01 Å². The van der Waals surface area contributed by atoms with Crippen molar-refractivity contribution in [3.8, 4) is 0 Å². The van der Waals surface area contributed by atoms with Gasteiger partial charge in [0.25, 0.3) is 0 Å². The minimum absolute atomic E-state index is 0.105. The Morgan fingerprint density at radius 2 is 1.57 bits per heavy atom. The molecule has 1 aliphatic heterocycles.